The molecule has 0 amide bonds. The summed E-state index contributed by atoms with van der Waals surface area (Å²) in [5, 5.41) is 11.1. The fourth-order valence-electron chi connectivity index (χ4n) is 5.65. The van der Waals surface area contributed by atoms with Crippen LogP contribution in [0.3, 0.4) is 0 Å². The van der Waals surface area contributed by atoms with Gasteiger partial charge in [0, 0.05) is 6.54 Å². The van der Waals surface area contributed by atoms with Gasteiger partial charge in [-0.2, -0.15) is 0 Å². The molecule has 0 aromatic heterocycles. The van der Waals surface area contributed by atoms with Crippen LogP contribution in [0.4, 0.5) is 0 Å². The van der Waals surface area contributed by atoms with Crippen molar-refractivity contribution in [2.75, 3.05) is 19.6 Å². The van der Waals surface area contributed by atoms with E-state index >= 15 is 0 Å². The minimum absolute atomic E-state index is 0.408. The van der Waals surface area contributed by atoms with Crippen LogP contribution >= 0.6 is 0 Å². The second-order valence-electron chi connectivity index (χ2n) is 9.74. The van der Waals surface area contributed by atoms with E-state index in [-0.39, 0.29) is 0 Å². The highest BCUT2D eigenvalue weighted by Crippen LogP contribution is 2.37. The number of benzene rings is 3. The Kier molecular flexibility index (Phi) is 7.09. The second kappa shape index (κ2) is 10.5. The maximum absolute atomic E-state index is 11.1. The topological polar surface area (TPSA) is 32.7 Å². The number of ether oxygens (including phenoxy) is 1. The van der Waals surface area contributed by atoms with Gasteiger partial charge in [0.1, 0.15) is 12.4 Å². The Morgan fingerprint density at radius 1 is 0.818 bits per heavy atom. The number of nitrogens with zero attached hydrogens (tertiary/aromatic N) is 1. The molecule has 3 nitrogen and oxygen atoms in total. The van der Waals surface area contributed by atoms with Crippen molar-refractivity contribution < 1.29 is 9.84 Å². The van der Waals surface area contributed by atoms with Gasteiger partial charge in [-0.25, -0.2) is 0 Å². The molecule has 3 aromatic carbocycles. The Morgan fingerprint density at radius 2 is 1.55 bits per heavy atom. The van der Waals surface area contributed by atoms with Crippen molar-refractivity contribution in [1.82, 2.24) is 4.90 Å². The zero-order chi connectivity index (χ0) is 22.5. The molecule has 0 radical (unpaired) electrons. The van der Waals surface area contributed by atoms with Crippen LogP contribution in [0.25, 0.3) is 0 Å². The molecule has 0 bridgehead atoms. The number of aliphatic hydroxyl groups excluding tert-OH is 1. The summed E-state index contributed by atoms with van der Waals surface area (Å²) in [7, 11) is 0. The van der Waals surface area contributed by atoms with Crippen LogP contribution in [0.1, 0.15) is 60.0 Å². The first-order valence-corrected chi connectivity index (χ1v) is 12.5. The third kappa shape index (κ3) is 5.48. The first kappa shape index (κ1) is 22.2. The van der Waals surface area contributed by atoms with Gasteiger partial charge in [0.25, 0.3) is 0 Å². The van der Waals surface area contributed by atoms with E-state index in [1.165, 1.54) is 29.5 Å². The quantitative estimate of drug-likeness (QED) is 0.467. The van der Waals surface area contributed by atoms with Crippen LogP contribution in [0, 0.1) is 5.92 Å². The minimum Gasteiger partial charge on any atom is -0.489 e. The molecule has 3 aromatic rings. The van der Waals surface area contributed by atoms with Gasteiger partial charge in [-0.3, -0.25) is 0 Å². The monoisotopic (exact) mass is 441 g/mol. The Hall–Kier alpha value is -2.62. The van der Waals surface area contributed by atoms with E-state index in [1.54, 1.807) is 0 Å². The highest BCUT2D eigenvalue weighted by molar-refractivity contribution is 5.42. The molecule has 0 saturated carbocycles. The molecular weight excluding hydrogens is 406 g/mol. The Morgan fingerprint density at radius 3 is 2.30 bits per heavy atom. The normalized spacial score (nSPS) is 21.8. The molecule has 2 aliphatic rings. The van der Waals surface area contributed by atoms with Crippen molar-refractivity contribution in [1.29, 1.82) is 0 Å². The fourth-order valence-corrected chi connectivity index (χ4v) is 5.65. The zero-order valence-electron chi connectivity index (χ0n) is 19.4. The Balaban J connectivity index is 1.19. The molecule has 172 valence electrons. The summed E-state index contributed by atoms with van der Waals surface area (Å²) in [6, 6.07) is 27.4. The van der Waals surface area contributed by atoms with Crippen LogP contribution < -0.4 is 4.74 Å². The van der Waals surface area contributed by atoms with Gasteiger partial charge in [0.2, 0.25) is 0 Å². The number of piperidine rings is 1. The predicted octanol–water partition coefficient (Wildman–Crippen LogP) is 6.13. The van der Waals surface area contributed by atoms with Crippen LogP contribution in [0.5, 0.6) is 5.75 Å². The molecule has 1 fully saturated rings. The summed E-state index contributed by atoms with van der Waals surface area (Å²) in [5.41, 5.74) is 4.92. The maximum atomic E-state index is 11.1. The smallest absolute Gasteiger partial charge is 0.123 e. The first-order valence-electron chi connectivity index (χ1n) is 12.5. The standard InChI is InChI=1S/C30H35NO2/c32-29-20-24(21-31-18-16-26(17-19-31)25-10-5-2-6-11-25)14-15-28-27(29)12-7-13-30(28)33-22-23-8-3-1-4-9-23/h1-13,24,26,29,32H,14-22H2. The van der Waals surface area contributed by atoms with Crippen molar-refractivity contribution in [2.45, 2.75) is 50.7 Å². The Bertz CT molecular complexity index is 1010. The SMILES string of the molecule is OC1CC(CN2CCC(c3ccccc3)CC2)CCc2c(OCc3ccccc3)cccc21. The molecule has 1 aliphatic carbocycles. The van der Waals surface area contributed by atoms with Crippen LogP contribution in [0.2, 0.25) is 0 Å². The lowest BCUT2D eigenvalue weighted by molar-refractivity contribution is 0.117. The van der Waals surface area contributed by atoms with Gasteiger partial charge in [-0.05, 0) is 85.3 Å². The number of likely N-dealkylation sites (tertiary alicyclic amines) is 1. The number of hydrogen-bond donors (Lipinski definition) is 1. The molecule has 1 heterocycles. The molecular formula is C30H35NO2. The molecule has 2 atom stereocenters. The van der Waals surface area contributed by atoms with E-state index in [0.717, 1.165) is 50.2 Å². The van der Waals surface area contributed by atoms with Gasteiger partial charge >= 0.3 is 0 Å². The average Bonchev–Trinajstić information content (AvgIpc) is 3.03. The lowest BCUT2D eigenvalue weighted by Crippen LogP contribution is -2.36. The lowest BCUT2D eigenvalue weighted by Gasteiger charge is -2.34. The fraction of sp³-hybridized carbons (Fsp3) is 0.400. The highest BCUT2D eigenvalue weighted by Gasteiger charge is 2.28. The molecule has 1 saturated heterocycles. The highest BCUT2D eigenvalue weighted by atomic mass is 16.5. The molecule has 5 rings (SSSR count). The van der Waals surface area contributed by atoms with Crippen LogP contribution in [-0.4, -0.2) is 29.6 Å². The third-order valence-electron chi connectivity index (χ3n) is 7.50. The van der Waals surface area contributed by atoms with Gasteiger partial charge < -0.3 is 14.7 Å². The van der Waals surface area contributed by atoms with Gasteiger partial charge in [0.05, 0.1) is 6.10 Å². The summed E-state index contributed by atoms with van der Waals surface area (Å²) in [6.45, 7) is 3.97. The number of aliphatic hydroxyl groups is 1. The number of fused-ring (bicyclic) bond motifs is 1. The van der Waals surface area contributed by atoms with Crippen molar-refractivity contribution in [3.8, 4) is 5.75 Å². The van der Waals surface area contributed by atoms with E-state index in [4.69, 9.17) is 4.74 Å². The molecule has 3 heteroatoms. The molecule has 1 N–H and O–H groups in total. The van der Waals surface area contributed by atoms with Crippen molar-refractivity contribution in [3.05, 3.63) is 101 Å². The summed E-state index contributed by atoms with van der Waals surface area (Å²) in [6.07, 6.45) is 4.98. The van der Waals surface area contributed by atoms with Gasteiger partial charge in [-0.1, -0.05) is 72.8 Å². The van der Waals surface area contributed by atoms with Gasteiger partial charge in [-0.15, -0.1) is 0 Å². The molecule has 1 aliphatic heterocycles. The van der Waals surface area contributed by atoms with Crippen molar-refractivity contribution >= 4 is 0 Å². The summed E-state index contributed by atoms with van der Waals surface area (Å²) < 4.78 is 6.21. The maximum Gasteiger partial charge on any atom is 0.123 e. The van der Waals surface area contributed by atoms with Crippen molar-refractivity contribution in [2.24, 2.45) is 5.92 Å². The number of hydrogen-bond acceptors (Lipinski definition) is 3. The summed E-state index contributed by atoms with van der Waals surface area (Å²) in [5.74, 6) is 2.14. The molecule has 0 spiro atoms. The second-order valence-corrected chi connectivity index (χ2v) is 9.74. The number of rotatable bonds is 6. The predicted molar refractivity (Wildman–Crippen MR) is 133 cm³/mol. The Labute approximate surface area is 198 Å². The lowest BCUT2D eigenvalue weighted by atomic mass is 9.88. The zero-order valence-corrected chi connectivity index (χ0v) is 19.4. The molecule has 33 heavy (non-hydrogen) atoms. The summed E-state index contributed by atoms with van der Waals surface area (Å²) >= 11 is 0. The van der Waals surface area contributed by atoms with E-state index in [0.29, 0.717) is 18.4 Å². The van der Waals surface area contributed by atoms with Crippen LogP contribution in [0.15, 0.2) is 78.9 Å². The van der Waals surface area contributed by atoms with E-state index in [9.17, 15) is 5.11 Å². The van der Waals surface area contributed by atoms with E-state index < -0.39 is 6.10 Å². The van der Waals surface area contributed by atoms with Gasteiger partial charge in [0.15, 0.2) is 0 Å². The summed E-state index contributed by atoms with van der Waals surface area (Å²) in [4.78, 5) is 2.62. The van der Waals surface area contributed by atoms with Crippen LogP contribution in [-0.2, 0) is 13.0 Å². The van der Waals surface area contributed by atoms with Crippen molar-refractivity contribution in [3.63, 3.8) is 0 Å². The average molecular weight is 442 g/mol. The third-order valence-corrected chi connectivity index (χ3v) is 7.50. The van der Waals surface area contributed by atoms with E-state index in [1.807, 2.05) is 24.3 Å². The largest absolute Gasteiger partial charge is 0.489 e. The minimum atomic E-state index is -0.408. The first-order chi connectivity index (χ1) is 16.3. The van der Waals surface area contributed by atoms with E-state index in [2.05, 4.69) is 59.5 Å². The molecule has 2 unspecified atom stereocenters.